The first kappa shape index (κ1) is 48.3. The van der Waals surface area contributed by atoms with E-state index in [9.17, 15) is 14.4 Å². The average molecular weight is 917 g/mol. The van der Waals surface area contributed by atoms with Crippen molar-refractivity contribution < 1.29 is 19.1 Å². The number of aromatic nitrogens is 3. The van der Waals surface area contributed by atoms with E-state index in [0.717, 1.165) is 92.2 Å². The molecule has 0 spiro atoms. The van der Waals surface area contributed by atoms with E-state index in [1.807, 2.05) is 33.8 Å². The van der Waals surface area contributed by atoms with Gasteiger partial charge in [-0.05, 0) is 151 Å². The Morgan fingerprint density at radius 3 is 2.03 bits per heavy atom. The Balaban J connectivity index is 0.714. The first-order valence-electron chi connectivity index (χ1n) is 25.5. The molecule has 3 heterocycles. The van der Waals surface area contributed by atoms with Gasteiger partial charge in [-0.25, -0.2) is 9.78 Å². The minimum atomic E-state index is -0.621. The van der Waals surface area contributed by atoms with Crippen molar-refractivity contribution in [3.8, 4) is 11.4 Å². The van der Waals surface area contributed by atoms with E-state index in [4.69, 9.17) is 14.5 Å². The Bertz CT molecular complexity index is 2330. The van der Waals surface area contributed by atoms with Crippen molar-refractivity contribution >= 4 is 46.0 Å². The van der Waals surface area contributed by atoms with E-state index in [0.29, 0.717) is 40.0 Å². The van der Waals surface area contributed by atoms with Gasteiger partial charge in [0.25, 0.3) is 5.56 Å². The minimum absolute atomic E-state index is 0.228. The molecule has 0 unspecified atom stereocenters. The number of methoxy groups -OCH3 is 1. The molecule has 4 bridgehead atoms. The zero-order valence-corrected chi connectivity index (χ0v) is 41.0. The van der Waals surface area contributed by atoms with Crippen LogP contribution in [0.2, 0.25) is 0 Å². The number of fused-ring (bicyclic) bond motifs is 1. The van der Waals surface area contributed by atoms with Crippen LogP contribution >= 0.6 is 0 Å². The number of ether oxygens (including phenoxy) is 2. The zero-order valence-electron chi connectivity index (χ0n) is 41.0. The lowest BCUT2D eigenvalue weighted by molar-refractivity contribution is -0.129. The highest BCUT2D eigenvalue weighted by molar-refractivity contribution is 5.85. The maximum Gasteiger partial charge on any atom is 0.412 e. The summed E-state index contributed by atoms with van der Waals surface area (Å²) in [6.45, 7) is 13.3. The topological polar surface area (TPSA) is 143 Å². The second kappa shape index (κ2) is 21.8. The highest BCUT2D eigenvalue weighted by atomic mass is 16.6. The maximum absolute atomic E-state index is 13.4. The summed E-state index contributed by atoms with van der Waals surface area (Å²) in [6, 6.07) is 14.7. The molecule has 5 fully saturated rings. The Hall–Kier alpha value is -5.17. The van der Waals surface area contributed by atoms with Crippen LogP contribution < -0.4 is 31.1 Å². The van der Waals surface area contributed by atoms with Gasteiger partial charge in [0.2, 0.25) is 11.9 Å². The summed E-state index contributed by atoms with van der Waals surface area (Å²) in [4.78, 5) is 53.0. The van der Waals surface area contributed by atoms with Crippen molar-refractivity contribution in [1.29, 1.82) is 0 Å². The van der Waals surface area contributed by atoms with Gasteiger partial charge >= 0.3 is 6.09 Å². The number of carbonyl (C=O) groups excluding carboxylic acids is 2. The number of amides is 2. The van der Waals surface area contributed by atoms with Gasteiger partial charge in [0.1, 0.15) is 11.4 Å². The molecular formula is C54H76N8O5. The Kier molecular flexibility index (Phi) is 15.7. The molecule has 0 atom stereocenters. The summed E-state index contributed by atoms with van der Waals surface area (Å²) in [6.07, 6.45) is 23.1. The lowest BCUT2D eigenvalue weighted by atomic mass is 9.49. The van der Waals surface area contributed by atoms with E-state index < -0.39 is 11.7 Å². The molecule has 4 aliphatic carbocycles. The number of nitrogens with zero attached hydrogens (tertiary/aromatic N) is 5. The van der Waals surface area contributed by atoms with Crippen LogP contribution in [0, 0.1) is 30.1 Å². The van der Waals surface area contributed by atoms with Crippen LogP contribution in [0.25, 0.3) is 16.7 Å². The number of anilines is 4. The van der Waals surface area contributed by atoms with Gasteiger partial charge in [-0.2, -0.15) is 4.98 Å². The van der Waals surface area contributed by atoms with Crippen molar-refractivity contribution in [2.75, 3.05) is 61.9 Å². The number of aryl methyl sites for hydroxylation is 1. The normalized spacial score (nSPS) is 21.4. The number of rotatable bonds is 21. The van der Waals surface area contributed by atoms with Crippen molar-refractivity contribution in [3.63, 3.8) is 0 Å². The lowest BCUT2D eigenvalue weighted by Crippen LogP contribution is -2.48. The average Bonchev–Trinajstić information content (AvgIpc) is 3.27. The van der Waals surface area contributed by atoms with Gasteiger partial charge < -0.3 is 25.0 Å². The smallest absolute Gasteiger partial charge is 0.412 e. The monoisotopic (exact) mass is 917 g/mol. The van der Waals surface area contributed by atoms with Gasteiger partial charge in [-0.15, -0.1) is 0 Å². The largest absolute Gasteiger partial charge is 0.494 e. The Morgan fingerprint density at radius 2 is 1.40 bits per heavy atom. The summed E-state index contributed by atoms with van der Waals surface area (Å²) in [5.41, 5.74) is 3.72. The van der Waals surface area contributed by atoms with Gasteiger partial charge in [0.05, 0.1) is 18.5 Å². The SMILES string of the molecule is COc1cc(N2CCN(CCCCCCCCCCCCNC(=O)CC34CC5CC(CC(C5)C3)C4)CC2)ccc1Nc1ncc2c(C)cc(=O)n(-c3ccc(NC(=O)OC(C)(C)C)cc3)c2n1. The van der Waals surface area contributed by atoms with E-state index in [2.05, 4.69) is 42.9 Å². The van der Waals surface area contributed by atoms with Crippen molar-refractivity contribution in [2.45, 2.75) is 142 Å². The second-order valence-electron chi connectivity index (χ2n) is 21.4. The number of piperazine rings is 1. The van der Waals surface area contributed by atoms with Gasteiger partial charge in [-0.3, -0.25) is 24.4 Å². The Labute approximate surface area is 398 Å². The van der Waals surface area contributed by atoms with Crippen LogP contribution in [0.5, 0.6) is 5.75 Å². The zero-order chi connectivity index (χ0) is 47.0. The first-order chi connectivity index (χ1) is 32.3. The summed E-state index contributed by atoms with van der Waals surface area (Å²) < 4.78 is 12.8. The second-order valence-corrected chi connectivity index (χ2v) is 21.4. The fourth-order valence-electron chi connectivity index (χ4n) is 12.0. The van der Waals surface area contributed by atoms with Gasteiger partial charge in [-0.1, -0.05) is 51.4 Å². The number of carbonyl (C=O) groups is 2. The molecule has 4 aromatic rings. The number of pyridine rings is 1. The van der Waals surface area contributed by atoms with E-state index in [1.54, 1.807) is 48.2 Å². The van der Waals surface area contributed by atoms with Crippen molar-refractivity contribution in [2.24, 2.45) is 23.2 Å². The van der Waals surface area contributed by atoms with Crippen LogP contribution in [-0.4, -0.2) is 83.4 Å². The van der Waals surface area contributed by atoms with Crippen LogP contribution in [0.4, 0.5) is 27.8 Å². The third-order valence-electron chi connectivity index (χ3n) is 14.8. The minimum Gasteiger partial charge on any atom is -0.494 e. The highest BCUT2D eigenvalue weighted by Gasteiger charge is 2.51. The fourth-order valence-corrected chi connectivity index (χ4v) is 12.0. The molecule has 67 heavy (non-hydrogen) atoms. The third kappa shape index (κ3) is 12.9. The van der Waals surface area contributed by atoms with E-state index in [1.165, 1.54) is 96.3 Å². The summed E-state index contributed by atoms with van der Waals surface area (Å²) >= 11 is 0. The first-order valence-corrected chi connectivity index (χ1v) is 25.5. The lowest BCUT2D eigenvalue weighted by Gasteiger charge is -2.56. The van der Waals surface area contributed by atoms with Gasteiger partial charge in [0, 0.05) is 74.2 Å². The van der Waals surface area contributed by atoms with E-state index in [-0.39, 0.29) is 5.56 Å². The molecule has 362 valence electrons. The number of hydrogen-bond acceptors (Lipinski definition) is 10. The molecule has 1 saturated heterocycles. The van der Waals surface area contributed by atoms with Crippen LogP contribution in [0.15, 0.2) is 59.5 Å². The molecule has 5 aliphatic rings. The summed E-state index contributed by atoms with van der Waals surface area (Å²) in [5.74, 6) is 4.09. The predicted molar refractivity (Wildman–Crippen MR) is 269 cm³/mol. The van der Waals surface area contributed by atoms with Crippen LogP contribution in [0.1, 0.15) is 135 Å². The number of hydrogen-bond donors (Lipinski definition) is 3. The molecule has 4 saturated carbocycles. The number of unbranched alkanes of at least 4 members (excludes halogenated alkanes) is 9. The van der Waals surface area contributed by atoms with E-state index >= 15 is 0 Å². The molecule has 2 aromatic carbocycles. The van der Waals surface area contributed by atoms with Crippen LogP contribution in [0.3, 0.4) is 0 Å². The standard InChI is InChI=1S/C54H76N8O5/c1-38-28-49(64)62(43-18-16-42(17-19-43)57-52(65)67-53(2,3)4)50-45(38)37-56-51(59-50)58-46-21-20-44(32-47(46)66-5)61-26-24-60(25-27-61)23-15-13-11-9-7-6-8-10-12-14-22-55-48(63)36-54-33-39-29-40(34-54)31-41(30-39)35-54/h16-21,28,32,37,39-41H,6-15,22-27,29-31,33-36H2,1-5H3,(H,55,63)(H,57,65)(H,56,58,59). The molecule has 2 amide bonds. The summed E-state index contributed by atoms with van der Waals surface area (Å²) in [5, 5.41) is 10.1. The molecule has 0 radical (unpaired) electrons. The summed E-state index contributed by atoms with van der Waals surface area (Å²) in [7, 11) is 1.67. The molecule has 2 aromatic heterocycles. The fraction of sp³-hybridized carbons (Fsp3) is 0.611. The maximum atomic E-state index is 13.4. The van der Waals surface area contributed by atoms with Crippen molar-refractivity contribution in [3.05, 3.63) is 70.6 Å². The molecule has 9 rings (SSSR count). The van der Waals surface area contributed by atoms with Gasteiger partial charge in [0.15, 0.2) is 5.65 Å². The number of benzene rings is 2. The molecular weight excluding hydrogens is 841 g/mol. The molecule has 13 heteroatoms. The number of nitrogens with one attached hydrogen (secondary N) is 3. The molecule has 13 nitrogen and oxygen atoms in total. The third-order valence-corrected chi connectivity index (χ3v) is 14.8. The Morgan fingerprint density at radius 1 is 0.791 bits per heavy atom. The predicted octanol–water partition coefficient (Wildman–Crippen LogP) is 10.9. The van der Waals surface area contributed by atoms with Crippen molar-refractivity contribution in [1.82, 2.24) is 24.8 Å². The molecule has 1 aliphatic heterocycles. The van der Waals surface area contributed by atoms with Crippen LogP contribution in [-0.2, 0) is 9.53 Å². The highest BCUT2D eigenvalue weighted by Crippen LogP contribution is 2.61. The molecule has 3 N–H and O–H groups in total. The quantitative estimate of drug-likeness (QED) is 0.0691.